The maximum Gasteiger partial charge on any atom is 0.326 e. The van der Waals surface area contributed by atoms with E-state index in [2.05, 4.69) is 10.6 Å². The summed E-state index contributed by atoms with van der Waals surface area (Å²) in [6, 6.07) is -1.19. The van der Waals surface area contributed by atoms with Crippen LogP contribution in [0.15, 0.2) is 0 Å². The molecule has 0 aromatic carbocycles. The van der Waals surface area contributed by atoms with E-state index in [1.54, 1.807) is 0 Å². The topological polar surface area (TPSA) is 87.7 Å². The third-order valence-corrected chi connectivity index (χ3v) is 3.93. The molecule has 1 heterocycles. The van der Waals surface area contributed by atoms with Gasteiger partial charge in [0.25, 0.3) is 0 Å². The van der Waals surface area contributed by atoms with Crippen LogP contribution in [0, 0.1) is 5.92 Å². The zero-order chi connectivity index (χ0) is 13.3. The second kappa shape index (κ2) is 4.76. The summed E-state index contributed by atoms with van der Waals surface area (Å²) in [7, 11) is 0. The summed E-state index contributed by atoms with van der Waals surface area (Å²) < 4.78 is 5.42. The van der Waals surface area contributed by atoms with Gasteiger partial charge in [-0.2, -0.15) is 0 Å². The Balaban J connectivity index is 1.89. The van der Waals surface area contributed by atoms with Gasteiger partial charge in [0.1, 0.15) is 6.04 Å². The summed E-state index contributed by atoms with van der Waals surface area (Å²) in [5, 5.41) is 14.4. The number of urea groups is 1. The van der Waals surface area contributed by atoms with E-state index in [1.165, 1.54) is 0 Å². The average Bonchev–Trinajstić information content (AvgIpc) is 3.04. The summed E-state index contributed by atoms with van der Waals surface area (Å²) in [5.74, 6) is -0.883. The first-order valence-corrected chi connectivity index (χ1v) is 6.35. The van der Waals surface area contributed by atoms with E-state index in [4.69, 9.17) is 9.84 Å². The molecule has 0 radical (unpaired) electrons. The number of hydrogen-bond donors (Lipinski definition) is 3. The van der Waals surface area contributed by atoms with E-state index in [0.29, 0.717) is 6.61 Å². The molecular formula is C12H20N2O4. The number of carbonyl (C=O) groups is 2. The largest absolute Gasteiger partial charge is 0.480 e. The standard InChI is InChI=1S/C12H20N2O4/c1-7-12(2,5-6-18-7)14-11(17)13-9(10(15)16)8-3-4-8/h7-9H,3-6H2,1-2H3,(H,15,16)(H2,13,14,17). The minimum atomic E-state index is -0.964. The minimum Gasteiger partial charge on any atom is -0.480 e. The first kappa shape index (κ1) is 13.1. The molecule has 6 heteroatoms. The zero-order valence-corrected chi connectivity index (χ0v) is 10.7. The summed E-state index contributed by atoms with van der Waals surface area (Å²) in [5.41, 5.74) is -0.420. The Morgan fingerprint density at radius 3 is 2.56 bits per heavy atom. The number of aliphatic carboxylic acids is 1. The fourth-order valence-electron chi connectivity index (χ4n) is 2.25. The van der Waals surface area contributed by atoms with Crippen molar-refractivity contribution < 1.29 is 19.4 Å². The molecule has 0 bridgehead atoms. The number of amides is 2. The molecule has 3 atom stereocenters. The predicted molar refractivity (Wildman–Crippen MR) is 64.3 cm³/mol. The monoisotopic (exact) mass is 256 g/mol. The van der Waals surface area contributed by atoms with Crippen molar-refractivity contribution >= 4 is 12.0 Å². The maximum atomic E-state index is 11.9. The van der Waals surface area contributed by atoms with Gasteiger partial charge in [0.05, 0.1) is 11.6 Å². The highest BCUT2D eigenvalue weighted by Gasteiger charge is 2.41. The van der Waals surface area contributed by atoms with Crippen molar-refractivity contribution in [2.45, 2.75) is 50.8 Å². The lowest BCUT2D eigenvalue weighted by molar-refractivity contribution is -0.139. The van der Waals surface area contributed by atoms with Crippen LogP contribution < -0.4 is 10.6 Å². The van der Waals surface area contributed by atoms with E-state index < -0.39 is 23.6 Å². The third-order valence-electron chi connectivity index (χ3n) is 3.93. The van der Waals surface area contributed by atoms with Gasteiger partial charge in [0.15, 0.2) is 0 Å². The molecule has 1 saturated heterocycles. The molecule has 1 aliphatic heterocycles. The van der Waals surface area contributed by atoms with Gasteiger partial charge >= 0.3 is 12.0 Å². The highest BCUT2D eigenvalue weighted by Crippen LogP contribution is 2.33. The number of ether oxygens (including phenoxy) is 1. The Morgan fingerprint density at radius 2 is 2.11 bits per heavy atom. The molecule has 0 spiro atoms. The van der Waals surface area contributed by atoms with Crippen LogP contribution in [0.5, 0.6) is 0 Å². The van der Waals surface area contributed by atoms with Crippen molar-refractivity contribution in [3.63, 3.8) is 0 Å². The Labute approximate surface area is 106 Å². The van der Waals surface area contributed by atoms with Gasteiger partial charge in [0.2, 0.25) is 0 Å². The van der Waals surface area contributed by atoms with Crippen LogP contribution >= 0.6 is 0 Å². The molecule has 3 unspecified atom stereocenters. The van der Waals surface area contributed by atoms with Crippen molar-refractivity contribution in [3.05, 3.63) is 0 Å². The second-order valence-electron chi connectivity index (χ2n) is 5.43. The smallest absolute Gasteiger partial charge is 0.326 e. The number of hydrogen-bond acceptors (Lipinski definition) is 3. The molecule has 2 amide bonds. The van der Waals surface area contributed by atoms with Crippen LogP contribution in [0.3, 0.4) is 0 Å². The first-order valence-electron chi connectivity index (χ1n) is 6.35. The van der Waals surface area contributed by atoms with Gasteiger partial charge in [-0.1, -0.05) is 0 Å². The number of carboxylic acids is 1. The molecule has 18 heavy (non-hydrogen) atoms. The average molecular weight is 256 g/mol. The summed E-state index contributed by atoms with van der Waals surface area (Å²) in [6.07, 6.45) is 2.41. The maximum absolute atomic E-state index is 11.9. The van der Waals surface area contributed by atoms with Gasteiger partial charge in [-0.05, 0) is 39.0 Å². The molecular weight excluding hydrogens is 236 g/mol. The van der Waals surface area contributed by atoms with E-state index in [0.717, 1.165) is 19.3 Å². The number of nitrogens with one attached hydrogen (secondary N) is 2. The van der Waals surface area contributed by atoms with E-state index >= 15 is 0 Å². The summed E-state index contributed by atoms with van der Waals surface area (Å²) in [4.78, 5) is 22.9. The minimum absolute atomic E-state index is 0.0625. The van der Waals surface area contributed by atoms with Crippen molar-refractivity contribution in [2.24, 2.45) is 5.92 Å². The Bertz CT molecular complexity index is 356. The highest BCUT2D eigenvalue weighted by molar-refractivity contribution is 5.83. The molecule has 3 N–H and O–H groups in total. The van der Waals surface area contributed by atoms with E-state index in [1.807, 2.05) is 13.8 Å². The Kier molecular flexibility index (Phi) is 3.47. The quantitative estimate of drug-likeness (QED) is 0.691. The van der Waals surface area contributed by atoms with Crippen LogP contribution in [-0.4, -0.2) is 41.4 Å². The van der Waals surface area contributed by atoms with Gasteiger partial charge < -0.3 is 20.5 Å². The highest BCUT2D eigenvalue weighted by atomic mass is 16.5. The number of carbonyl (C=O) groups excluding carboxylic acids is 1. The zero-order valence-electron chi connectivity index (χ0n) is 10.7. The molecule has 0 aromatic rings. The van der Waals surface area contributed by atoms with Crippen LogP contribution in [0.1, 0.15) is 33.1 Å². The van der Waals surface area contributed by atoms with Crippen LogP contribution in [0.4, 0.5) is 4.79 Å². The van der Waals surface area contributed by atoms with Crippen molar-refractivity contribution in [3.8, 4) is 0 Å². The molecule has 0 aromatic heterocycles. The van der Waals surface area contributed by atoms with Crippen molar-refractivity contribution in [1.29, 1.82) is 0 Å². The van der Waals surface area contributed by atoms with Crippen LogP contribution in [-0.2, 0) is 9.53 Å². The predicted octanol–water partition coefficient (Wildman–Crippen LogP) is 0.716. The summed E-state index contributed by atoms with van der Waals surface area (Å²) >= 11 is 0. The third kappa shape index (κ3) is 2.75. The van der Waals surface area contributed by atoms with Crippen LogP contribution in [0.25, 0.3) is 0 Å². The van der Waals surface area contributed by atoms with Gasteiger partial charge in [-0.15, -0.1) is 0 Å². The van der Waals surface area contributed by atoms with Crippen LogP contribution in [0.2, 0.25) is 0 Å². The molecule has 1 aliphatic carbocycles. The lowest BCUT2D eigenvalue weighted by atomic mass is 9.95. The summed E-state index contributed by atoms with van der Waals surface area (Å²) in [6.45, 7) is 4.43. The lowest BCUT2D eigenvalue weighted by Crippen LogP contribution is -2.57. The number of carboxylic acid groups (broad SMARTS) is 1. The van der Waals surface area contributed by atoms with Gasteiger partial charge in [-0.25, -0.2) is 9.59 Å². The van der Waals surface area contributed by atoms with Gasteiger partial charge in [-0.3, -0.25) is 0 Å². The number of rotatable bonds is 4. The van der Waals surface area contributed by atoms with E-state index in [9.17, 15) is 9.59 Å². The lowest BCUT2D eigenvalue weighted by Gasteiger charge is -2.29. The molecule has 6 nitrogen and oxygen atoms in total. The molecule has 102 valence electrons. The molecule has 2 aliphatic rings. The fourth-order valence-corrected chi connectivity index (χ4v) is 2.25. The molecule has 2 rings (SSSR count). The fraction of sp³-hybridized carbons (Fsp3) is 0.833. The normalized spacial score (nSPS) is 32.9. The Morgan fingerprint density at radius 1 is 1.44 bits per heavy atom. The molecule has 2 fully saturated rings. The van der Waals surface area contributed by atoms with Gasteiger partial charge in [0, 0.05) is 6.61 Å². The van der Waals surface area contributed by atoms with Crippen molar-refractivity contribution in [2.75, 3.05) is 6.61 Å². The molecule has 1 saturated carbocycles. The SMILES string of the molecule is CC1OCCC1(C)NC(=O)NC(C(=O)O)C1CC1. The second-order valence-corrected chi connectivity index (χ2v) is 5.43. The van der Waals surface area contributed by atoms with E-state index in [-0.39, 0.29) is 12.0 Å². The first-order chi connectivity index (χ1) is 8.42. The Hall–Kier alpha value is -1.30. The van der Waals surface area contributed by atoms with Crippen molar-refractivity contribution in [1.82, 2.24) is 10.6 Å².